The summed E-state index contributed by atoms with van der Waals surface area (Å²) in [4.78, 5) is 23.7. The molecule has 1 N–H and O–H groups in total. The number of carbonyl (C=O) groups is 1. The van der Waals surface area contributed by atoms with Crippen molar-refractivity contribution in [2.75, 3.05) is 13.1 Å². The second-order valence-corrected chi connectivity index (χ2v) is 11.7. The summed E-state index contributed by atoms with van der Waals surface area (Å²) in [5.41, 5.74) is 4.32. The summed E-state index contributed by atoms with van der Waals surface area (Å²) in [6, 6.07) is 10.3. The van der Waals surface area contributed by atoms with Gasteiger partial charge in [-0.25, -0.2) is 19.2 Å². The summed E-state index contributed by atoms with van der Waals surface area (Å²) in [7, 11) is 0. The molecule has 0 bridgehead atoms. The van der Waals surface area contributed by atoms with E-state index in [2.05, 4.69) is 26.5 Å². The van der Waals surface area contributed by atoms with Crippen molar-refractivity contribution in [3.63, 3.8) is 0 Å². The number of halogens is 2. The van der Waals surface area contributed by atoms with E-state index in [1.807, 2.05) is 18.3 Å². The Morgan fingerprint density at radius 1 is 1.21 bits per heavy atom. The molecule has 13 heteroatoms. The van der Waals surface area contributed by atoms with Crippen LogP contribution in [0.15, 0.2) is 48.9 Å². The Bertz CT molecular complexity index is 1730. The molecule has 218 valence electrons. The number of imidazole rings is 1. The zero-order valence-corrected chi connectivity index (χ0v) is 24.5. The predicted molar refractivity (Wildman–Crippen MR) is 156 cm³/mol. The number of piperidine rings is 1. The van der Waals surface area contributed by atoms with Crippen LogP contribution in [0.4, 0.5) is 4.39 Å². The molecule has 1 fully saturated rings. The van der Waals surface area contributed by atoms with E-state index in [4.69, 9.17) is 26.4 Å². The summed E-state index contributed by atoms with van der Waals surface area (Å²) < 4.78 is 23.5. The number of aryl methyl sites for hydroxylation is 1. The molecule has 5 aromatic rings. The summed E-state index contributed by atoms with van der Waals surface area (Å²) in [5.74, 6) is -0.716. The molecule has 1 saturated heterocycles. The molecule has 0 unspecified atom stereocenters. The Morgan fingerprint density at radius 2 is 2.05 bits per heavy atom. The molecule has 0 spiro atoms. The van der Waals surface area contributed by atoms with Crippen molar-refractivity contribution in [3.05, 3.63) is 93.0 Å². The minimum Gasteiger partial charge on any atom is -0.476 e. The largest absolute Gasteiger partial charge is 0.476 e. The highest BCUT2D eigenvalue weighted by molar-refractivity contribution is 7.19. The van der Waals surface area contributed by atoms with Crippen molar-refractivity contribution in [1.82, 2.24) is 34.3 Å². The van der Waals surface area contributed by atoms with Gasteiger partial charge in [-0.3, -0.25) is 4.90 Å². The van der Waals surface area contributed by atoms with Crippen LogP contribution >= 0.6 is 22.9 Å². The molecule has 0 amide bonds. The Hall–Kier alpha value is -3.87. The van der Waals surface area contributed by atoms with Gasteiger partial charge in [-0.2, -0.15) is 5.10 Å². The van der Waals surface area contributed by atoms with Crippen LogP contribution in [0.2, 0.25) is 5.02 Å². The second kappa shape index (κ2) is 12.2. The van der Waals surface area contributed by atoms with Crippen molar-refractivity contribution < 1.29 is 19.0 Å². The van der Waals surface area contributed by atoms with Crippen LogP contribution in [0, 0.1) is 5.82 Å². The van der Waals surface area contributed by atoms with Gasteiger partial charge in [0.1, 0.15) is 17.3 Å². The number of carboxylic acid groups (broad SMARTS) is 1. The lowest BCUT2D eigenvalue weighted by Crippen LogP contribution is -2.33. The molecule has 10 nitrogen and oxygen atoms in total. The van der Waals surface area contributed by atoms with Gasteiger partial charge in [0.05, 0.1) is 12.0 Å². The number of aromatic carboxylic acids is 1. The normalized spacial score (nSPS) is 14.5. The van der Waals surface area contributed by atoms with E-state index in [9.17, 15) is 14.3 Å². The number of carboxylic acids is 1. The second-order valence-electron chi connectivity index (χ2n) is 10.3. The molecule has 0 radical (unpaired) electrons. The third-order valence-electron chi connectivity index (χ3n) is 7.58. The van der Waals surface area contributed by atoms with Crippen molar-refractivity contribution >= 4 is 33.7 Å². The van der Waals surface area contributed by atoms with E-state index >= 15 is 0 Å². The average Bonchev–Trinajstić information content (AvgIpc) is 3.69. The fraction of sp³-hybridized carbons (Fsp3) is 0.345. The summed E-state index contributed by atoms with van der Waals surface area (Å²) in [5, 5.41) is 18.7. The SMILES string of the molecule is CCn1cncc1Cc1c(CN2CCC(c3cccc(OCc4ccc(Cl)cc4F)n3)CC2)nn2nc(C(=O)O)sc12. The van der Waals surface area contributed by atoms with Gasteiger partial charge in [-0.15, -0.1) is 9.73 Å². The molecule has 1 aliphatic heterocycles. The summed E-state index contributed by atoms with van der Waals surface area (Å²) in [6.07, 6.45) is 6.09. The fourth-order valence-corrected chi connectivity index (χ4v) is 6.34. The molecule has 1 aromatic carbocycles. The maximum absolute atomic E-state index is 14.1. The molecule has 6 rings (SSSR count). The first-order valence-electron chi connectivity index (χ1n) is 13.7. The maximum atomic E-state index is 14.1. The van der Waals surface area contributed by atoms with E-state index in [1.54, 1.807) is 24.5 Å². The average molecular weight is 610 g/mol. The van der Waals surface area contributed by atoms with Crippen LogP contribution in [0.3, 0.4) is 0 Å². The van der Waals surface area contributed by atoms with Gasteiger partial charge >= 0.3 is 5.97 Å². The van der Waals surface area contributed by atoms with Crippen LogP contribution in [0.25, 0.3) is 4.83 Å². The highest BCUT2D eigenvalue weighted by Crippen LogP contribution is 2.31. The maximum Gasteiger partial charge on any atom is 0.367 e. The van der Waals surface area contributed by atoms with Gasteiger partial charge in [-0.1, -0.05) is 35.1 Å². The fourth-order valence-electron chi connectivity index (χ4n) is 5.31. The number of pyridine rings is 1. The molecule has 0 atom stereocenters. The third kappa shape index (κ3) is 6.01. The number of aromatic nitrogens is 6. The number of ether oxygens (including phenoxy) is 1. The molecule has 5 heterocycles. The first-order chi connectivity index (χ1) is 20.4. The highest BCUT2D eigenvalue weighted by atomic mass is 35.5. The minimum atomic E-state index is -1.06. The summed E-state index contributed by atoms with van der Waals surface area (Å²) in [6.45, 7) is 5.30. The van der Waals surface area contributed by atoms with E-state index < -0.39 is 11.8 Å². The summed E-state index contributed by atoms with van der Waals surface area (Å²) >= 11 is 6.99. The number of likely N-dealkylation sites (tertiary alicyclic amines) is 1. The number of hydrogen-bond acceptors (Lipinski definition) is 8. The molecule has 4 aromatic heterocycles. The standard InChI is InChI=1S/C29H29ClFN7O3S/c1-2-37-17-32-14-21(37)13-22-25(34-38-28(22)42-27(35-38)29(39)40)15-36-10-8-18(9-11-36)24-4-3-5-26(33-24)41-16-19-6-7-20(30)12-23(19)31/h3-7,12,14,17-18H,2,8-11,13,15-16H2,1H3,(H,39,40). The number of hydrogen-bond donors (Lipinski definition) is 1. The molecule has 42 heavy (non-hydrogen) atoms. The zero-order valence-electron chi connectivity index (χ0n) is 22.9. The van der Waals surface area contributed by atoms with Crippen LogP contribution in [-0.2, 0) is 26.1 Å². The molecule has 0 aliphatic carbocycles. The Morgan fingerprint density at radius 3 is 2.81 bits per heavy atom. The van der Waals surface area contributed by atoms with Crippen LogP contribution in [0.1, 0.15) is 63.7 Å². The zero-order chi connectivity index (χ0) is 29.2. The topological polar surface area (TPSA) is 111 Å². The number of nitrogens with zero attached hydrogens (tertiary/aromatic N) is 7. The minimum absolute atomic E-state index is 0.0205. The Labute approximate surface area is 250 Å². The first kappa shape index (κ1) is 28.3. The van der Waals surface area contributed by atoms with Gasteiger partial charge in [0.25, 0.3) is 0 Å². The first-order valence-corrected chi connectivity index (χ1v) is 14.9. The van der Waals surface area contributed by atoms with Crippen LogP contribution in [-0.4, -0.2) is 58.4 Å². The smallest absolute Gasteiger partial charge is 0.367 e. The van der Waals surface area contributed by atoms with Gasteiger partial charge in [0.2, 0.25) is 10.9 Å². The van der Waals surface area contributed by atoms with Crippen molar-refractivity contribution in [2.24, 2.45) is 0 Å². The molecular weight excluding hydrogens is 581 g/mol. The number of fused-ring (bicyclic) bond motifs is 1. The van der Waals surface area contributed by atoms with Crippen molar-refractivity contribution in [3.8, 4) is 5.88 Å². The highest BCUT2D eigenvalue weighted by Gasteiger charge is 2.26. The lowest BCUT2D eigenvalue weighted by molar-refractivity contribution is 0.0694. The van der Waals surface area contributed by atoms with E-state index in [1.165, 1.54) is 10.7 Å². The van der Waals surface area contributed by atoms with Gasteiger partial charge < -0.3 is 14.4 Å². The van der Waals surface area contributed by atoms with Crippen molar-refractivity contribution in [2.45, 2.75) is 51.8 Å². The lowest BCUT2D eigenvalue weighted by Gasteiger charge is -2.31. The molecule has 1 aliphatic rings. The number of rotatable bonds is 10. The quantitative estimate of drug-likeness (QED) is 0.223. The van der Waals surface area contributed by atoms with Gasteiger partial charge in [0, 0.05) is 65.2 Å². The Kier molecular flexibility index (Phi) is 8.18. The van der Waals surface area contributed by atoms with E-state index in [0.717, 1.165) is 71.3 Å². The molecular formula is C29H29ClFN7O3S. The number of benzene rings is 1. The van der Waals surface area contributed by atoms with Gasteiger partial charge in [-0.05, 0) is 51.1 Å². The van der Waals surface area contributed by atoms with Crippen LogP contribution < -0.4 is 4.74 Å². The third-order valence-corrected chi connectivity index (χ3v) is 8.87. The molecule has 0 saturated carbocycles. The van der Waals surface area contributed by atoms with Crippen LogP contribution in [0.5, 0.6) is 5.88 Å². The monoisotopic (exact) mass is 609 g/mol. The van der Waals surface area contributed by atoms with Gasteiger partial charge in [0.15, 0.2) is 0 Å². The Balaban J connectivity index is 1.12. The lowest BCUT2D eigenvalue weighted by atomic mass is 9.93. The van der Waals surface area contributed by atoms with Crippen molar-refractivity contribution in [1.29, 1.82) is 0 Å². The van der Waals surface area contributed by atoms with E-state index in [0.29, 0.717) is 29.4 Å². The predicted octanol–water partition coefficient (Wildman–Crippen LogP) is 5.44. The van der Waals surface area contributed by atoms with E-state index in [-0.39, 0.29) is 17.5 Å².